The second-order valence-corrected chi connectivity index (χ2v) is 9.22. The second-order valence-electron chi connectivity index (χ2n) is 9.22. The number of ether oxygens (including phenoxy) is 1. The Morgan fingerprint density at radius 1 is 0.941 bits per heavy atom. The van der Waals surface area contributed by atoms with Crippen LogP contribution < -0.4 is 16.0 Å². The van der Waals surface area contributed by atoms with Gasteiger partial charge in [0.2, 0.25) is 5.91 Å². The molecule has 0 unspecified atom stereocenters. The Labute approximate surface area is 202 Å². The first kappa shape index (κ1) is 26.9. The summed E-state index contributed by atoms with van der Waals surface area (Å²) in [5.41, 5.74) is 1.50. The van der Waals surface area contributed by atoms with Gasteiger partial charge >= 0.3 is 6.09 Å². The first-order valence-electron chi connectivity index (χ1n) is 11.7. The largest absolute Gasteiger partial charge is 0.444 e. The van der Waals surface area contributed by atoms with Crippen molar-refractivity contribution in [3.63, 3.8) is 0 Å². The molecular weight excluding hydrogens is 428 g/mol. The van der Waals surface area contributed by atoms with E-state index in [-0.39, 0.29) is 5.91 Å². The fraction of sp³-hybridized carbons (Fsp3) is 0.444. The molecule has 0 heterocycles. The fourth-order valence-electron chi connectivity index (χ4n) is 3.41. The molecule has 0 bridgehead atoms. The summed E-state index contributed by atoms with van der Waals surface area (Å²) in [5.74, 6) is -0.141. The maximum Gasteiger partial charge on any atom is 0.407 e. The summed E-state index contributed by atoms with van der Waals surface area (Å²) in [6.07, 6.45) is 2.01. The summed E-state index contributed by atoms with van der Waals surface area (Å²) >= 11 is 0. The Morgan fingerprint density at radius 2 is 1.56 bits per heavy atom. The number of nitrogens with zero attached hydrogens (tertiary/aromatic N) is 1. The van der Waals surface area contributed by atoms with E-state index in [1.165, 1.54) is 0 Å². The van der Waals surface area contributed by atoms with Crippen molar-refractivity contribution >= 4 is 12.0 Å². The van der Waals surface area contributed by atoms with Gasteiger partial charge in [0.1, 0.15) is 5.60 Å². The summed E-state index contributed by atoms with van der Waals surface area (Å²) in [6, 6.07) is 20.7. The van der Waals surface area contributed by atoms with Gasteiger partial charge in [-0.1, -0.05) is 60.7 Å². The number of nitriles is 1. The van der Waals surface area contributed by atoms with Gasteiger partial charge in [-0.05, 0) is 51.2 Å². The average Bonchev–Trinajstić information content (AvgIpc) is 2.81. The van der Waals surface area contributed by atoms with Crippen LogP contribution in [0.25, 0.3) is 0 Å². The van der Waals surface area contributed by atoms with E-state index in [2.05, 4.69) is 22.0 Å². The molecule has 0 aliphatic heterocycles. The minimum absolute atomic E-state index is 0.141. The first-order chi connectivity index (χ1) is 16.3. The lowest BCUT2D eigenvalue weighted by Crippen LogP contribution is -2.48. The lowest BCUT2D eigenvalue weighted by atomic mass is 10.0. The van der Waals surface area contributed by atoms with Crippen LogP contribution in [0, 0.1) is 11.3 Å². The fourth-order valence-corrected chi connectivity index (χ4v) is 3.41. The molecule has 2 atom stereocenters. The molecule has 2 aromatic rings. The molecule has 0 aliphatic carbocycles. The monoisotopic (exact) mass is 464 g/mol. The molecule has 0 spiro atoms. The number of benzene rings is 2. The molecule has 3 N–H and O–H groups in total. The normalized spacial score (nSPS) is 12.8. The molecular formula is C27H36N4O3. The summed E-state index contributed by atoms with van der Waals surface area (Å²) in [4.78, 5) is 24.8. The van der Waals surface area contributed by atoms with Crippen molar-refractivity contribution in [2.24, 2.45) is 0 Å². The molecule has 0 aliphatic rings. The molecule has 0 fully saturated rings. The Balaban J connectivity index is 1.90. The van der Waals surface area contributed by atoms with Gasteiger partial charge in [-0.25, -0.2) is 4.79 Å². The van der Waals surface area contributed by atoms with E-state index in [0.29, 0.717) is 38.8 Å². The van der Waals surface area contributed by atoms with Gasteiger partial charge < -0.3 is 15.4 Å². The third-order valence-corrected chi connectivity index (χ3v) is 5.05. The number of nitrogens with one attached hydrogen (secondary N) is 3. The Hall–Kier alpha value is -3.37. The first-order valence-corrected chi connectivity index (χ1v) is 11.7. The maximum absolute atomic E-state index is 13.0. The molecule has 7 nitrogen and oxygen atoms in total. The zero-order valence-corrected chi connectivity index (χ0v) is 20.3. The van der Waals surface area contributed by atoms with Crippen molar-refractivity contribution in [3.8, 4) is 6.07 Å². The molecule has 182 valence electrons. The molecule has 0 saturated heterocycles. The number of carbonyl (C=O) groups excluding carboxylic acids is 2. The highest BCUT2D eigenvalue weighted by Gasteiger charge is 2.22. The van der Waals surface area contributed by atoms with Gasteiger partial charge in [-0.2, -0.15) is 5.26 Å². The molecule has 7 heteroatoms. The van der Waals surface area contributed by atoms with E-state index in [0.717, 1.165) is 11.1 Å². The predicted molar refractivity (Wildman–Crippen MR) is 133 cm³/mol. The van der Waals surface area contributed by atoms with E-state index in [1.807, 2.05) is 81.4 Å². The Bertz CT molecular complexity index is 920. The molecule has 2 aromatic carbocycles. The molecule has 2 amide bonds. The summed E-state index contributed by atoms with van der Waals surface area (Å²) < 4.78 is 5.24. The van der Waals surface area contributed by atoms with E-state index in [9.17, 15) is 14.9 Å². The van der Waals surface area contributed by atoms with Crippen LogP contribution in [-0.4, -0.2) is 36.2 Å². The highest BCUT2D eigenvalue weighted by molar-refractivity contribution is 5.81. The van der Waals surface area contributed by atoms with E-state index < -0.39 is 23.8 Å². The minimum Gasteiger partial charge on any atom is -0.444 e. The van der Waals surface area contributed by atoms with Crippen molar-refractivity contribution in [2.75, 3.05) is 6.54 Å². The minimum atomic E-state index is -0.541. The molecule has 0 aromatic heterocycles. The standard InChI is InChI=1S/C27H36N4O3/c1-27(2,3)34-26(33)29-17-11-10-16-24(25(32)30-20-22-14-8-5-9-15-22)31-23(19-28)18-21-12-6-4-7-13-21/h4-9,12-15,23-24,31H,10-11,16-18,20H2,1-3H3,(H,29,33)(H,30,32)/t23-,24+/m1/s1. The zero-order valence-electron chi connectivity index (χ0n) is 20.3. The van der Waals surface area contributed by atoms with Gasteiger partial charge in [-0.3, -0.25) is 10.1 Å². The predicted octanol–water partition coefficient (Wildman–Crippen LogP) is 4.09. The third kappa shape index (κ3) is 11.0. The van der Waals surface area contributed by atoms with Crippen LogP contribution >= 0.6 is 0 Å². The zero-order chi connectivity index (χ0) is 24.8. The van der Waals surface area contributed by atoms with Crippen LogP contribution in [0.5, 0.6) is 0 Å². The number of amides is 2. The van der Waals surface area contributed by atoms with Gasteiger partial charge in [0, 0.05) is 19.5 Å². The number of rotatable bonds is 12. The van der Waals surface area contributed by atoms with Crippen molar-refractivity contribution < 1.29 is 14.3 Å². The van der Waals surface area contributed by atoms with Gasteiger partial charge in [0.05, 0.1) is 18.2 Å². The van der Waals surface area contributed by atoms with E-state index in [4.69, 9.17) is 4.74 Å². The smallest absolute Gasteiger partial charge is 0.407 e. The Morgan fingerprint density at radius 3 is 2.15 bits per heavy atom. The van der Waals surface area contributed by atoms with Crippen LogP contribution in [0.1, 0.15) is 51.2 Å². The third-order valence-electron chi connectivity index (χ3n) is 5.05. The number of hydrogen-bond donors (Lipinski definition) is 3. The molecule has 0 radical (unpaired) electrons. The summed E-state index contributed by atoms with van der Waals surface area (Å²) in [7, 11) is 0. The summed E-state index contributed by atoms with van der Waals surface area (Å²) in [5, 5.41) is 18.6. The lowest BCUT2D eigenvalue weighted by Gasteiger charge is -2.22. The van der Waals surface area contributed by atoms with Crippen molar-refractivity contribution in [1.82, 2.24) is 16.0 Å². The van der Waals surface area contributed by atoms with Crippen molar-refractivity contribution in [1.29, 1.82) is 5.26 Å². The van der Waals surface area contributed by atoms with Gasteiger partial charge in [-0.15, -0.1) is 0 Å². The van der Waals surface area contributed by atoms with Crippen LogP contribution in [0.4, 0.5) is 4.79 Å². The van der Waals surface area contributed by atoms with Crippen LogP contribution in [0.2, 0.25) is 0 Å². The number of carbonyl (C=O) groups is 2. The van der Waals surface area contributed by atoms with Crippen molar-refractivity contribution in [3.05, 3.63) is 71.8 Å². The molecule has 34 heavy (non-hydrogen) atoms. The van der Waals surface area contributed by atoms with Gasteiger partial charge in [0.15, 0.2) is 0 Å². The average molecular weight is 465 g/mol. The number of unbranched alkanes of at least 4 members (excludes halogenated alkanes) is 1. The quantitative estimate of drug-likeness (QED) is 0.411. The second kappa shape index (κ2) is 14.0. The number of hydrogen-bond acceptors (Lipinski definition) is 5. The highest BCUT2D eigenvalue weighted by Crippen LogP contribution is 2.09. The SMILES string of the molecule is CC(C)(C)OC(=O)NCCCC[C@H](N[C@@H](C#N)Cc1ccccc1)C(=O)NCc1ccccc1. The summed E-state index contributed by atoms with van der Waals surface area (Å²) in [6.45, 7) is 6.33. The lowest BCUT2D eigenvalue weighted by molar-refractivity contribution is -0.123. The van der Waals surface area contributed by atoms with Crippen LogP contribution in [0.15, 0.2) is 60.7 Å². The van der Waals surface area contributed by atoms with E-state index >= 15 is 0 Å². The van der Waals surface area contributed by atoms with Crippen LogP contribution in [0.3, 0.4) is 0 Å². The topological polar surface area (TPSA) is 103 Å². The van der Waals surface area contributed by atoms with Gasteiger partial charge in [0.25, 0.3) is 0 Å². The van der Waals surface area contributed by atoms with E-state index in [1.54, 1.807) is 0 Å². The van der Waals surface area contributed by atoms with Crippen LogP contribution in [-0.2, 0) is 22.5 Å². The molecule has 2 rings (SSSR count). The Kier molecular flexibility index (Phi) is 11.1. The highest BCUT2D eigenvalue weighted by atomic mass is 16.6. The molecule has 0 saturated carbocycles. The maximum atomic E-state index is 13.0. The number of alkyl carbamates (subject to hydrolysis) is 1. The van der Waals surface area contributed by atoms with Crippen molar-refractivity contribution in [2.45, 2.75) is 70.7 Å².